The molecule has 2 heterocycles. The summed E-state index contributed by atoms with van der Waals surface area (Å²) >= 11 is 0. The molecule has 0 saturated carbocycles. The van der Waals surface area contributed by atoms with Crippen molar-refractivity contribution in [2.45, 2.75) is 13.0 Å². The summed E-state index contributed by atoms with van der Waals surface area (Å²) in [7, 11) is 0. The van der Waals surface area contributed by atoms with Gasteiger partial charge < -0.3 is 4.90 Å². The van der Waals surface area contributed by atoms with Crippen LogP contribution in [0.15, 0.2) is 18.6 Å². The van der Waals surface area contributed by atoms with Gasteiger partial charge in [-0.15, -0.1) is 6.42 Å². The zero-order valence-electron chi connectivity index (χ0n) is 9.74. The van der Waals surface area contributed by atoms with Crippen molar-refractivity contribution in [1.82, 2.24) is 19.8 Å². The molecular formula is C12H12N4O2. The molecule has 0 atom stereocenters. The molecule has 1 aliphatic rings. The van der Waals surface area contributed by atoms with Crippen LogP contribution < -0.4 is 0 Å². The lowest BCUT2D eigenvalue weighted by atomic mass is 10.2. The monoisotopic (exact) mass is 244 g/mol. The van der Waals surface area contributed by atoms with E-state index in [1.54, 1.807) is 0 Å². The third-order valence-corrected chi connectivity index (χ3v) is 2.62. The Balaban J connectivity index is 2.12. The van der Waals surface area contributed by atoms with Crippen LogP contribution in [0, 0.1) is 12.3 Å². The molecule has 1 aromatic heterocycles. The molecule has 92 valence electrons. The van der Waals surface area contributed by atoms with Crippen LogP contribution in [0.1, 0.15) is 12.1 Å². The molecule has 0 bridgehead atoms. The summed E-state index contributed by atoms with van der Waals surface area (Å²) in [4.78, 5) is 34.3. The van der Waals surface area contributed by atoms with Gasteiger partial charge in [0.2, 0.25) is 5.91 Å². The van der Waals surface area contributed by atoms with Gasteiger partial charge in [0.15, 0.2) is 0 Å². The van der Waals surface area contributed by atoms with E-state index < -0.39 is 0 Å². The fraction of sp³-hybridized carbons (Fsp3) is 0.333. The lowest BCUT2D eigenvalue weighted by molar-refractivity contribution is -0.131. The summed E-state index contributed by atoms with van der Waals surface area (Å²) in [5.74, 6) is 2.20. The molecule has 1 aliphatic heterocycles. The van der Waals surface area contributed by atoms with E-state index >= 15 is 0 Å². The van der Waals surface area contributed by atoms with Gasteiger partial charge in [0.25, 0.3) is 0 Å². The van der Waals surface area contributed by atoms with E-state index in [2.05, 4.69) is 15.9 Å². The van der Waals surface area contributed by atoms with E-state index in [9.17, 15) is 9.59 Å². The molecule has 1 saturated heterocycles. The van der Waals surface area contributed by atoms with Crippen LogP contribution in [0.25, 0.3) is 0 Å². The molecule has 2 rings (SSSR count). The lowest BCUT2D eigenvalue weighted by Gasteiger charge is -2.32. The third-order valence-electron chi connectivity index (χ3n) is 2.62. The number of carbonyl (C=O) groups is 2. The second-order valence-corrected chi connectivity index (χ2v) is 3.83. The first-order valence-corrected chi connectivity index (χ1v) is 5.50. The van der Waals surface area contributed by atoms with Gasteiger partial charge in [-0.3, -0.25) is 19.7 Å². The van der Waals surface area contributed by atoms with Gasteiger partial charge in [-0.2, -0.15) is 0 Å². The number of urea groups is 1. The Kier molecular flexibility index (Phi) is 3.53. The molecule has 0 N–H and O–H groups in total. The molecule has 3 amide bonds. The maximum Gasteiger partial charge on any atom is 0.327 e. The first kappa shape index (κ1) is 12.0. The summed E-state index contributed by atoms with van der Waals surface area (Å²) < 4.78 is 0. The van der Waals surface area contributed by atoms with E-state index in [0.29, 0.717) is 12.2 Å². The van der Waals surface area contributed by atoms with Gasteiger partial charge in [-0.05, 0) is 0 Å². The van der Waals surface area contributed by atoms with Gasteiger partial charge in [0.05, 0.1) is 25.0 Å². The first-order chi connectivity index (χ1) is 8.72. The van der Waals surface area contributed by atoms with Gasteiger partial charge in [-0.1, -0.05) is 5.92 Å². The van der Waals surface area contributed by atoms with Crippen molar-refractivity contribution in [3.63, 3.8) is 0 Å². The number of aromatic nitrogens is 2. The Morgan fingerprint density at radius 2 is 2.22 bits per heavy atom. The maximum atomic E-state index is 12.0. The van der Waals surface area contributed by atoms with Crippen LogP contribution in [0.3, 0.4) is 0 Å². The number of carbonyl (C=O) groups excluding carboxylic acids is 2. The fourth-order valence-electron chi connectivity index (χ4n) is 1.72. The number of amides is 3. The Morgan fingerprint density at radius 1 is 1.39 bits per heavy atom. The maximum absolute atomic E-state index is 12.0. The van der Waals surface area contributed by atoms with Crippen LogP contribution in [-0.4, -0.2) is 44.8 Å². The molecule has 0 aromatic carbocycles. The van der Waals surface area contributed by atoms with Crippen molar-refractivity contribution >= 4 is 11.9 Å². The molecule has 6 nitrogen and oxygen atoms in total. The van der Waals surface area contributed by atoms with E-state index in [-0.39, 0.29) is 31.4 Å². The number of nitrogens with zero attached hydrogens (tertiary/aromatic N) is 4. The minimum Gasteiger partial charge on any atom is -0.313 e. The quantitative estimate of drug-likeness (QED) is 0.715. The van der Waals surface area contributed by atoms with E-state index in [1.807, 2.05) is 0 Å². The van der Waals surface area contributed by atoms with Crippen molar-refractivity contribution < 1.29 is 9.59 Å². The van der Waals surface area contributed by atoms with Crippen LogP contribution in [0.4, 0.5) is 4.79 Å². The Bertz CT molecular complexity index is 495. The number of imide groups is 1. The van der Waals surface area contributed by atoms with Crippen LogP contribution in [0.2, 0.25) is 0 Å². The molecule has 1 aromatic rings. The highest BCUT2D eigenvalue weighted by molar-refractivity contribution is 5.96. The predicted molar refractivity (Wildman–Crippen MR) is 63.0 cm³/mol. The van der Waals surface area contributed by atoms with Gasteiger partial charge >= 0.3 is 6.03 Å². The standard InChI is InChI=1S/C12H12N4O2/c1-2-6-15-7-3-11(17)16(12(15)18)9-10-8-13-4-5-14-10/h1,4-5,8H,3,6-7,9H2. The normalized spacial score (nSPS) is 15.7. The average molecular weight is 244 g/mol. The van der Waals surface area contributed by atoms with E-state index in [0.717, 1.165) is 4.90 Å². The Morgan fingerprint density at radius 3 is 2.89 bits per heavy atom. The summed E-state index contributed by atoms with van der Waals surface area (Å²) in [5, 5.41) is 0. The number of terminal acetylenes is 1. The van der Waals surface area contributed by atoms with Crippen molar-refractivity contribution in [2.24, 2.45) is 0 Å². The highest BCUT2D eigenvalue weighted by Crippen LogP contribution is 2.12. The highest BCUT2D eigenvalue weighted by Gasteiger charge is 2.31. The van der Waals surface area contributed by atoms with Gasteiger partial charge in [0, 0.05) is 25.4 Å². The zero-order chi connectivity index (χ0) is 13.0. The number of rotatable bonds is 3. The molecule has 18 heavy (non-hydrogen) atoms. The largest absolute Gasteiger partial charge is 0.327 e. The second kappa shape index (κ2) is 5.27. The molecule has 0 aliphatic carbocycles. The molecule has 1 fully saturated rings. The SMILES string of the molecule is C#CCN1CCC(=O)N(Cc2cnccn2)C1=O. The molecule has 0 unspecified atom stereocenters. The lowest BCUT2D eigenvalue weighted by Crippen LogP contribution is -2.51. The molecule has 0 spiro atoms. The highest BCUT2D eigenvalue weighted by atomic mass is 16.2. The topological polar surface area (TPSA) is 66.4 Å². The van der Waals surface area contributed by atoms with Crippen LogP contribution in [0.5, 0.6) is 0 Å². The average Bonchev–Trinajstić information content (AvgIpc) is 2.39. The molecule has 0 radical (unpaired) electrons. The predicted octanol–water partition coefficient (Wildman–Crippen LogP) is 0.264. The van der Waals surface area contributed by atoms with Crippen molar-refractivity contribution in [1.29, 1.82) is 0 Å². The minimum absolute atomic E-state index is 0.132. The van der Waals surface area contributed by atoms with Crippen LogP contribution >= 0.6 is 0 Å². The fourth-order valence-corrected chi connectivity index (χ4v) is 1.72. The second-order valence-electron chi connectivity index (χ2n) is 3.83. The van der Waals surface area contributed by atoms with Crippen molar-refractivity contribution in [3.05, 3.63) is 24.3 Å². The molecular weight excluding hydrogens is 232 g/mol. The smallest absolute Gasteiger partial charge is 0.313 e. The van der Waals surface area contributed by atoms with Crippen LogP contribution in [-0.2, 0) is 11.3 Å². The van der Waals surface area contributed by atoms with Crippen molar-refractivity contribution in [2.75, 3.05) is 13.1 Å². The summed E-state index contributed by atoms with van der Waals surface area (Å²) in [6, 6.07) is -0.366. The summed E-state index contributed by atoms with van der Waals surface area (Å²) in [5.41, 5.74) is 0.571. The third kappa shape index (κ3) is 2.46. The summed E-state index contributed by atoms with van der Waals surface area (Å²) in [6.45, 7) is 0.717. The summed E-state index contributed by atoms with van der Waals surface area (Å²) in [6.07, 6.45) is 10.1. The number of hydrogen-bond acceptors (Lipinski definition) is 4. The number of hydrogen-bond donors (Lipinski definition) is 0. The Hall–Kier alpha value is -2.42. The Labute approximate surface area is 105 Å². The van der Waals surface area contributed by atoms with Crippen molar-refractivity contribution in [3.8, 4) is 12.3 Å². The van der Waals surface area contributed by atoms with E-state index in [1.165, 1.54) is 23.5 Å². The minimum atomic E-state index is -0.366. The van der Waals surface area contributed by atoms with E-state index in [4.69, 9.17) is 6.42 Å². The molecule has 6 heteroatoms. The first-order valence-electron chi connectivity index (χ1n) is 5.50. The van der Waals surface area contributed by atoms with Gasteiger partial charge in [0.1, 0.15) is 0 Å². The zero-order valence-corrected chi connectivity index (χ0v) is 9.74. The van der Waals surface area contributed by atoms with Gasteiger partial charge in [-0.25, -0.2) is 4.79 Å².